The maximum atomic E-state index is 12.5. The average Bonchev–Trinajstić information content (AvgIpc) is 3.19. The van der Waals surface area contributed by atoms with Crippen LogP contribution in [-0.4, -0.2) is 49.2 Å². The van der Waals surface area contributed by atoms with E-state index in [1.807, 2.05) is 29.2 Å². The molecule has 0 bridgehead atoms. The first kappa shape index (κ1) is 18.6. The van der Waals surface area contributed by atoms with Gasteiger partial charge in [-0.3, -0.25) is 0 Å². The Morgan fingerprint density at radius 3 is 2.57 bits per heavy atom. The Morgan fingerprint density at radius 2 is 1.89 bits per heavy atom. The van der Waals surface area contributed by atoms with Crippen LogP contribution in [0.15, 0.2) is 42.5 Å². The number of nitrogens with zero attached hydrogens (tertiary/aromatic N) is 3. The molecule has 3 aromatic rings. The van der Waals surface area contributed by atoms with E-state index in [0.717, 1.165) is 41.6 Å². The lowest BCUT2D eigenvalue weighted by Crippen LogP contribution is -2.50. The van der Waals surface area contributed by atoms with Gasteiger partial charge in [0.25, 0.3) is 0 Å². The van der Waals surface area contributed by atoms with Gasteiger partial charge in [0.2, 0.25) is 0 Å². The van der Waals surface area contributed by atoms with Gasteiger partial charge in [0.15, 0.2) is 5.13 Å². The van der Waals surface area contributed by atoms with Crippen molar-refractivity contribution in [3.05, 3.63) is 48.0 Å². The highest BCUT2D eigenvalue weighted by molar-refractivity contribution is 7.22. The molecule has 1 fully saturated rings. The standard InChI is InChI=1S/C21H24N4O2S/c1-3-15-5-4-6-18-19(15)23-21(28-18)25-13-11-24(12-14-25)20(26)22-16-7-9-17(27-2)10-8-16/h4-10H,3,11-14H2,1-2H3,(H,22,26). The number of ether oxygens (including phenoxy) is 1. The summed E-state index contributed by atoms with van der Waals surface area (Å²) in [5.74, 6) is 0.772. The Morgan fingerprint density at radius 1 is 1.14 bits per heavy atom. The van der Waals surface area contributed by atoms with Crippen molar-refractivity contribution in [1.82, 2.24) is 9.88 Å². The zero-order valence-electron chi connectivity index (χ0n) is 16.1. The summed E-state index contributed by atoms with van der Waals surface area (Å²) in [7, 11) is 1.63. The highest BCUT2D eigenvalue weighted by Crippen LogP contribution is 2.31. The van der Waals surface area contributed by atoms with Crippen LogP contribution in [0.2, 0.25) is 0 Å². The van der Waals surface area contributed by atoms with E-state index in [2.05, 4.69) is 35.3 Å². The van der Waals surface area contributed by atoms with Gasteiger partial charge in [-0.1, -0.05) is 30.4 Å². The fourth-order valence-electron chi connectivity index (χ4n) is 3.39. The molecular formula is C21H24N4O2S. The van der Waals surface area contributed by atoms with Gasteiger partial charge in [0.1, 0.15) is 5.75 Å². The number of hydrogen-bond acceptors (Lipinski definition) is 5. The van der Waals surface area contributed by atoms with Crippen molar-refractivity contribution in [2.45, 2.75) is 13.3 Å². The number of carbonyl (C=O) groups excluding carboxylic acids is 1. The summed E-state index contributed by atoms with van der Waals surface area (Å²) >= 11 is 1.73. The van der Waals surface area contributed by atoms with E-state index in [9.17, 15) is 4.79 Å². The molecule has 7 heteroatoms. The molecule has 0 atom stereocenters. The summed E-state index contributed by atoms with van der Waals surface area (Å²) in [6, 6.07) is 13.7. The first-order valence-electron chi connectivity index (χ1n) is 9.51. The van der Waals surface area contributed by atoms with Crippen LogP contribution < -0.4 is 15.0 Å². The molecule has 6 nitrogen and oxygen atoms in total. The number of anilines is 2. The number of benzene rings is 2. The first-order chi connectivity index (χ1) is 13.7. The molecule has 0 saturated carbocycles. The number of methoxy groups -OCH3 is 1. The van der Waals surface area contributed by atoms with E-state index >= 15 is 0 Å². The molecule has 1 aliphatic rings. The van der Waals surface area contributed by atoms with Crippen LogP contribution in [0.3, 0.4) is 0 Å². The zero-order chi connectivity index (χ0) is 19.5. The Bertz CT molecular complexity index is 962. The van der Waals surface area contributed by atoms with Crippen molar-refractivity contribution < 1.29 is 9.53 Å². The minimum absolute atomic E-state index is 0.0672. The average molecular weight is 397 g/mol. The fraction of sp³-hybridized carbons (Fsp3) is 0.333. The van der Waals surface area contributed by atoms with Crippen LogP contribution in [0.25, 0.3) is 10.2 Å². The second kappa shape index (κ2) is 8.06. The second-order valence-electron chi connectivity index (χ2n) is 6.75. The Labute approximate surface area is 168 Å². The number of fused-ring (bicyclic) bond motifs is 1. The molecule has 146 valence electrons. The van der Waals surface area contributed by atoms with Crippen LogP contribution in [0.5, 0.6) is 5.75 Å². The summed E-state index contributed by atoms with van der Waals surface area (Å²) in [5.41, 5.74) is 3.17. The summed E-state index contributed by atoms with van der Waals surface area (Å²) in [6.07, 6.45) is 0.986. The molecule has 28 heavy (non-hydrogen) atoms. The predicted molar refractivity (Wildman–Crippen MR) is 115 cm³/mol. The van der Waals surface area contributed by atoms with Gasteiger partial charge < -0.3 is 19.9 Å². The van der Waals surface area contributed by atoms with Crippen molar-refractivity contribution >= 4 is 38.4 Å². The molecule has 0 radical (unpaired) electrons. The smallest absolute Gasteiger partial charge is 0.321 e. The van der Waals surface area contributed by atoms with Crippen LogP contribution in [0, 0.1) is 0 Å². The van der Waals surface area contributed by atoms with E-state index in [4.69, 9.17) is 9.72 Å². The number of amides is 2. The number of para-hydroxylation sites is 1. The fourth-order valence-corrected chi connectivity index (χ4v) is 4.46. The van der Waals surface area contributed by atoms with Gasteiger partial charge in [0.05, 0.1) is 17.3 Å². The largest absolute Gasteiger partial charge is 0.497 e. The van der Waals surface area contributed by atoms with Crippen LogP contribution in [0.1, 0.15) is 12.5 Å². The van der Waals surface area contributed by atoms with E-state index in [0.29, 0.717) is 13.1 Å². The normalized spacial score (nSPS) is 14.4. The van der Waals surface area contributed by atoms with Crippen molar-refractivity contribution in [3.8, 4) is 5.75 Å². The Hall–Kier alpha value is -2.80. The number of carbonyl (C=O) groups is 1. The number of aromatic nitrogens is 1. The van der Waals surface area contributed by atoms with E-state index in [1.54, 1.807) is 18.4 Å². The SMILES string of the molecule is CCc1cccc2sc(N3CCN(C(=O)Nc4ccc(OC)cc4)CC3)nc12. The van der Waals surface area contributed by atoms with Crippen LogP contribution >= 0.6 is 11.3 Å². The molecule has 1 aromatic heterocycles. The van der Waals surface area contributed by atoms with E-state index < -0.39 is 0 Å². The third-order valence-corrected chi connectivity index (χ3v) is 6.13. The first-order valence-corrected chi connectivity index (χ1v) is 10.3. The molecule has 1 saturated heterocycles. The lowest BCUT2D eigenvalue weighted by molar-refractivity contribution is 0.208. The molecule has 0 spiro atoms. The summed E-state index contributed by atoms with van der Waals surface area (Å²) < 4.78 is 6.38. The predicted octanol–water partition coefficient (Wildman–Crippen LogP) is 4.22. The molecule has 1 N–H and O–H groups in total. The van der Waals surface area contributed by atoms with Crippen LogP contribution in [-0.2, 0) is 6.42 Å². The monoisotopic (exact) mass is 396 g/mol. The van der Waals surface area contributed by atoms with Crippen molar-refractivity contribution in [2.24, 2.45) is 0 Å². The van der Waals surface area contributed by atoms with Gasteiger partial charge in [-0.25, -0.2) is 9.78 Å². The lowest BCUT2D eigenvalue weighted by atomic mass is 10.1. The van der Waals surface area contributed by atoms with Crippen LogP contribution in [0.4, 0.5) is 15.6 Å². The van der Waals surface area contributed by atoms with Gasteiger partial charge in [-0.05, 0) is 42.3 Å². The second-order valence-corrected chi connectivity index (χ2v) is 7.76. The Kier molecular flexibility index (Phi) is 5.34. The maximum absolute atomic E-state index is 12.5. The lowest BCUT2D eigenvalue weighted by Gasteiger charge is -2.34. The molecule has 0 unspecified atom stereocenters. The molecule has 2 amide bonds. The van der Waals surface area contributed by atoms with Gasteiger partial charge in [-0.15, -0.1) is 0 Å². The van der Waals surface area contributed by atoms with Crippen molar-refractivity contribution in [3.63, 3.8) is 0 Å². The third-order valence-electron chi connectivity index (χ3n) is 5.05. The highest BCUT2D eigenvalue weighted by atomic mass is 32.1. The summed E-state index contributed by atoms with van der Waals surface area (Å²) in [5, 5.41) is 4.00. The number of rotatable bonds is 4. The number of nitrogens with one attached hydrogen (secondary N) is 1. The molecule has 4 rings (SSSR count). The maximum Gasteiger partial charge on any atom is 0.321 e. The van der Waals surface area contributed by atoms with E-state index in [-0.39, 0.29) is 6.03 Å². The minimum atomic E-state index is -0.0672. The summed E-state index contributed by atoms with van der Waals surface area (Å²) in [4.78, 5) is 21.5. The Balaban J connectivity index is 1.38. The van der Waals surface area contributed by atoms with Gasteiger partial charge in [-0.2, -0.15) is 0 Å². The third kappa shape index (κ3) is 3.75. The zero-order valence-corrected chi connectivity index (χ0v) is 17.0. The van der Waals surface area contributed by atoms with Crippen molar-refractivity contribution in [2.75, 3.05) is 43.5 Å². The summed E-state index contributed by atoms with van der Waals surface area (Å²) in [6.45, 7) is 5.10. The highest BCUT2D eigenvalue weighted by Gasteiger charge is 2.23. The number of aryl methyl sites for hydroxylation is 1. The molecule has 2 aromatic carbocycles. The quantitative estimate of drug-likeness (QED) is 0.717. The molecule has 1 aliphatic heterocycles. The van der Waals surface area contributed by atoms with E-state index in [1.165, 1.54) is 10.3 Å². The topological polar surface area (TPSA) is 57.7 Å². The number of urea groups is 1. The molecular weight excluding hydrogens is 372 g/mol. The van der Waals surface area contributed by atoms with Crippen molar-refractivity contribution in [1.29, 1.82) is 0 Å². The number of hydrogen-bond donors (Lipinski definition) is 1. The molecule has 0 aliphatic carbocycles. The molecule has 2 heterocycles. The minimum Gasteiger partial charge on any atom is -0.497 e. The van der Waals surface area contributed by atoms with Gasteiger partial charge in [0, 0.05) is 31.9 Å². The van der Waals surface area contributed by atoms with Gasteiger partial charge >= 0.3 is 6.03 Å². The number of thiazole rings is 1. The number of piperazine rings is 1.